The van der Waals surface area contributed by atoms with Crippen LogP contribution in [0.4, 0.5) is 13.2 Å². The van der Waals surface area contributed by atoms with Gasteiger partial charge in [-0.2, -0.15) is 13.2 Å². The van der Waals surface area contributed by atoms with Crippen LogP contribution in [-0.4, -0.2) is 55.7 Å². The fraction of sp³-hybridized carbons (Fsp3) is 0.636. The van der Waals surface area contributed by atoms with E-state index >= 15 is 0 Å². The number of carbonyl (C=O) groups is 2. The Labute approximate surface area is 107 Å². The van der Waals surface area contributed by atoms with Crippen LogP contribution in [0.15, 0.2) is 11.8 Å². The Bertz CT molecular complexity index is 373. The maximum Gasteiger partial charge on any atom is 0.455 e. The molecule has 0 radical (unpaired) electrons. The van der Waals surface area contributed by atoms with E-state index in [1.54, 1.807) is 0 Å². The number of hydrogen-bond acceptors (Lipinski definition) is 5. The highest BCUT2D eigenvalue weighted by Gasteiger charge is 2.43. The van der Waals surface area contributed by atoms with E-state index in [1.807, 2.05) is 0 Å². The molecule has 0 unspecified atom stereocenters. The first-order valence-electron chi connectivity index (χ1n) is 5.68. The van der Waals surface area contributed by atoms with E-state index in [9.17, 15) is 22.8 Å². The van der Waals surface area contributed by atoms with Crippen molar-refractivity contribution in [3.05, 3.63) is 11.8 Å². The number of ether oxygens (including phenoxy) is 2. The average Bonchev–Trinajstić information content (AvgIpc) is 2.35. The highest BCUT2D eigenvalue weighted by atomic mass is 19.4. The minimum absolute atomic E-state index is 0.107. The summed E-state index contributed by atoms with van der Waals surface area (Å²) in [4.78, 5) is 24.1. The number of halogens is 3. The van der Waals surface area contributed by atoms with Gasteiger partial charge in [-0.1, -0.05) is 0 Å². The lowest BCUT2D eigenvalue weighted by Crippen LogP contribution is -2.36. The second-order valence-corrected chi connectivity index (χ2v) is 3.74. The van der Waals surface area contributed by atoms with Gasteiger partial charge in [0.2, 0.25) is 0 Å². The van der Waals surface area contributed by atoms with E-state index in [-0.39, 0.29) is 6.61 Å². The largest absolute Gasteiger partial charge is 0.462 e. The zero-order valence-corrected chi connectivity index (χ0v) is 10.3. The molecule has 19 heavy (non-hydrogen) atoms. The van der Waals surface area contributed by atoms with Gasteiger partial charge in [-0.05, 0) is 6.92 Å². The van der Waals surface area contributed by atoms with Gasteiger partial charge in [-0.15, -0.1) is 0 Å². The zero-order chi connectivity index (χ0) is 14.5. The number of nitrogens with zero attached hydrogens (tertiary/aromatic N) is 1. The molecule has 0 aromatic carbocycles. The third kappa shape index (κ3) is 4.55. The number of ketones is 1. The molecule has 1 aliphatic heterocycles. The van der Waals surface area contributed by atoms with Crippen LogP contribution in [-0.2, 0) is 19.1 Å². The summed E-state index contributed by atoms with van der Waals surface area (Å²) in [7, 11) is 0. The summed E-state index contributed by atoms with van der Waals surface area (Å²) in [5.74, 6) is -3.46. The van der Waals surface area contributed by atoms with E-state index in [4.69, 9.17) is 4.74 Å². The molecule has 0 atom stereocenters. The number of morpholine rings is 1. The smallest absolute Gasteiger partial charge is 0.455 e. The van der Waals surface area contributed by atoms with Gasteiger partial charge in [0.25, 0.3) is 5.78 Å². The fourth-order valence-corrected chi connectivity index (χ4v) is 1.45. The Kier molecular flexibility index (Phi) is 5.34. The zero-order valence-electron chi connectivity index (χ0n) is 10.3. The van der Waals surface area contributed by atoms with Crippen LogP contribution in [0.2, 0.25) is 0 Å². The Morgan fingerprint density at radius 3 is 2.37 bits per heavy atom. The first-order valence-corrected chi connectivity index (χ1v) is 5.68. The summed E-state index contributed by atoms with van der Waals surface area (Å²) in [6.45, 7) is 2.62. The number of esters is 1. The van der Waals surface area contributed by atoms with Crippen molar-refractivity contribution >= 4 is 11.8 Å². The molecule has 8 heteroatoms. The van der Waals surface area contributed by atoms with Crippen LogP contribution in [0.3, 0.4) is 0 Å². The van der Waals surface area contributed by atoms with Gasteiger partial charge in [0.15, 0.2) is 0 Å². The third-order valence-electron chi connectivity index (χ3n) is 2.35. The molecule has 0 amide bonds. The summed E-state index contributed by atoms with van der Waals surface area (Å²) in [6.07, 6.45) is -4.21. The van der Waals surface area contributed by atoms with Gasteiger partial charge in [-0.3, -0.25) is 4.79 Å². The summed E-state index contributed by atoms with van der Waals surface area (Å²) in [5.41, 5.74) is -1.00. The quantitative estimate of drug-likeness (QED) is 0.331. The van der Waals surface area contributed by atoms with Gasteiger partial charge >= 0.3 is 12.1 Å². The molecule has 0 aromatic heterocycles. The van der Waals surface area contributed by atoms with Crippen LogP contribution in [0, 0.1) is 0 Å². The molecule has 1 aliphatic rings. The topological polar surface area (TPSA) is 55.8 Å². The van der Waals surface area contributed by atoms with E-state index in [1.165, 1.54) is 11.8 Å². The van der Waals surface area contributed by atoms with E-state index in [2.05, 4.69) is 4.74 Å². The monoisotopic (exact) mass is 281 g/mol. The maximum absolute atomic E-state index is 12.4. The molecule has 1 fully saturated rings. The Balaban J connectivity index is 2.94. The van der Waals surface area contributed by atoms with Gasteiger partial charge < -0.3 is 14.4 Å². The molecule has 108 valence electrons. The summed E-state index contributed by atoms with van der Waals surface area (Å²) in [6, 6.07) is 0. The molecular weight excluding hydrogens is 267 g/mol. The lowest BCUT2D eigenvalue weighted by Gasteiger charge is -2.26. The van der Waals surface area contributed by atoms with E-state index in [0.29, 0.717) is 26.3 Å². The molecule has 0 spiro atoms. The second-order valence-electron chi connectivity index (χ2n) is 3.74. The fourth-order valence-electron chi connectivity index (χ4n) is 1.45. The highest BCUT2D eigenvalue weighted by molar-refractivity contribution is 6.19. The molecule has 0 aromatic rings. The van der Waals surface area contributed by atoms with Crippen molar-refractivity contribution in [3.63, 3.8) is 0 Å². The van der Waals surface area contributed by atoms with Crippen molar-refractivity contribution in [3.8, 4) is 0 Å². The normalized spacial score (nSPS) is 17.3. The van der Waals surface area contributed by atoms with Gasteiger partial charge in [0.1, 0.15) is 5.57 Å². The average molecular weight is 281 g/mol. The lowest BCUT2D eigenvalue weighted by atomic mass is 10.1. The van der Waals surface area contributed by atoms with Crippen molar-refractivity contribution < 1.29 is 32.2 Å². The number of hydrogen-bond donors (Lipinski definition) is 0. The highest BCUT2D eigenvalue weighted by Crippen LogP contribution is 2.22. The number of carbonyl (C=O) groups excluding carboxylic acids is 2. The van der Waals surface area contributed by atoms with Crippen molar-refractivity contribution in [1.29, 1.82) is 0 Å². The lowest BCUT2D eigenvalue weighted by molar-refractivity contribution is -0.168. The predicted molar refractivity (Wildman–Crippen MR) is 58.2 cm³/mol. The number of rotatable bonds is 4. The van der Waals surface area contributed by atoms with Gasteiger partial charge in [-0.25, -0.2) is 4.79 Å². The second kappa shape index (κ2) is 6.55. The molecule has 0 N–H and O–H groups in total. The van der Waals surface area contributed by atoms with Gasteiger partial charge in [0, 0.05) is 19.3 Å². The van der Waals surface area contributed by atoms with Crippen LogP contribution in [0.1, 0.15) is 6.92 Å². The van der Waals surface area contributed by atoms with Gasteiger partial charge in [0.05, 0.1) is 19.8 Å². The SMILES string of the molecule is CCOC(=O)C(=CN1CCOCC1)C(=O)C(F)(F)F. The van der Waals surface area contributed by atoms with Crippen LogP contribution in [0.5, 0.6) is 0 Å². The Morgan fingerprint density at radius 2 is 1.89 bits per heavy atom. The molecule has 0 saturated carbocycles. The first kappa shape index (κ1) is 15.5. The molecule has 5 nitrogen and oxygen atoms in total. The third-order valence-corrected chi connectivity index (χ3v) is 2.35. The minimum Gasteiger partial charge on any atom is -0.462 e. The number of alkyl halides is 3. The standard InChI is InChI=1S/C11H14F3NO4/c1-2-19-10(17)8(9(16)11(12,13)14)7-15-3-5-18-6-4-15/h7H,2-6H2,1H3. The Morgan fingerprint density at radius 1 is 1.32 bits per heavy atom. The molecule has 1 rings (SSSR count). The summed E-state index contributed by atoms with van der Waals surface area (Å²) in [5, 5.41) is 0. The minimum atomic E-state index is -5.11. The molecular formula is C11H14F3NO4. The molecule has 1 heterocycles. The molecule has 0 aliphatic carbocycles. The maximum atomic E-state index is 12.4. The summed E-state index contributed by atoms with van der Waals surface area (Å²) >= 11 is 0. The van der Waals surface area contributed by atoms with Crippen LogP contribution < -0.4 is 0 Å². The Hall–Kier alpha value is -1.57. The molecule has 1 saturated heterocycles. The van der Waals surface area contributed by atoms with E-state index in [0.717, 1.165) is 6.20 Å². The van der Waals surface area contributed by atoms with Crippen molar-refractivity contribution in [1.82, 2.24) is 4.90 Å². The predicted octanol–water partition coefficient (Wildman–Crippen LogP) is 0.897. The van der Waals surface area contributed by atoms with Crippen molar-refractivity contribution in [2.75, 3.05) is 32.9 Å². The van der Waals surface area contributed by atoms with Crippen molar-refractivity contribution in [2.24, 2.45) is 0 Å². The van der Waals surface area contributed by atoms with Crippen molar-refractivity contribution in [2.45, 2.75) is 13.1 Å². The van der Waals surface area contributed by atoms with Crippen LogP contribution in [0.25, 0.3) is 0 Å². The number of Topliss-reactive ketones (excluding diaryl/α,β-unsaturated/α-hetero) is 1. The summed E-state index contributed by atoms with van der Waals surface area (Å²) < 4.78 is 46.7. The first-order chi connectivity index (χ1) is 8.86. The molecule has 0 bridgehead atoms. The van der Waals surface area contributed by atoms with Crippen LogP contribution >= 0.6 is 0 Å². The van der Waals surface area contributed by atoms with E-state index < -0.39 is 23.5 Å².